The second kappa shape index (κ2) is 5.05. The lowest BCUT2D eigenvalue weighted by Gasteiger charge is -2.41. The number of fused-ring (bicyclic) bond motifs is 2. The van der Waals surface area contributed by atoms with E-state index in [1.807, 2.05) is 6.92 Å². The van der Waals surface area contributed by atoms with Crippen molar-refractivity contribution in [3.8, 4) is 6.07 Å². The van der Waals surface area contributed by atoms with Crippen molar-refractivity contribution in [1.29, 1.82) is 5.26 Å². The smallest absolute Gasteiger partial charge is 0.192 e. The van der Waals surface area contributed by atoms with Crippen LogP contribution in [-0.4, -0.2) is 32.4 Å². The second-order valence-electron chi connectivity index (χ2n) is 7.69. The Morgan fingerprint density at radius 1 is 1.52 bits per heavy atom. The zero-order valence-electron chi connectivity index (χ0n) is 13.8. The molecule has 0 radical (unpaired) electrons. The van der Waals surface area contributed by atoms with Gasteiger partial charge < -0.3 is 9.16 Å². The molecular weight excluding hydrogens is 282 g/mol. The Morgan fingerprint density at radius 3 is 2.67 bits per heavy atom. The lowest BCUT2D eigenvalue weighted by molar-refractivity contribution is -0.133. The molecule has 5 heteroatoms. The Balaban J connectivity index is 2.27. The van der Waals surface area contributed by atoms with Crippen molar-refractivity contribution in [2.45, 2.75) is 64.0 Å². The molecule has 1 fully saturated rings. The van der Waals surface area contributed by atoms with E-state index in [9.17, 15) is 10.1 Å². The average Bonchev–Trinajstić information content (AvgIpc) is 2.70. The monoisotopic (exact) mass is 307 g/mol. The number of carbonyl (C=O) groups is 1. The lowest BCUT2D eigenvalue weighted by Crippen LogP contribution is -2.50. The van der Waals surface area contributed by atoms with Gasteiger partial charge in [-0.15, -0.1) is 0 Å². The van der Waals surface area contributed by atoms with Crippen molar-refractivity contribution < 1.29 is 14.0 Å². The molecule has 21 heavy (non-hydrogen) atoms. The minimum Gasteiger partial charge on any atom is -0.413 e. The van der Waals surface area contributed by atoms with Crippen LogP contribution in [0.1, 0.15) is 34.1 Å². The summed E-state index contributed by atoms with van der Waals surface area (Å²) in [4.78, 5) is 11.9. The molecule has 0 aliphatic carbocycles. The van der Waals surface area contributed by atoms with Crippen LogP contribution in [0, 0.1) is 17.2 Å². The van der Waals surface area contributed by atoms with Crippen LogP contribution in [0.4, 0.5) is 0 Å². The molecule has 1 saturated heterocycles. The third kappa shape index (κ3) is 2.61. The number of nitriles is 1. The average molecular weight is 307 g/mol. The van der Waals surface area contributed by atoms with Gasteiger partial charge in [-0.25, -0.2) is 0 Å². The molecular formula is C16H25NO3Si. The van der Waals surface area contributed by atoms with Crippen molar-refractivity contribution in [3.63, 3.8) is 0 Å². The van der Waals surface area contributed by atoms with Gasteiger partial charge in [0, 0.05) is 6.42 Å². The molecule has 0 amide bonds. The molecule has 0 spiro atoms. The minimum atomic E-state index is -1.92. The minimum absolute atomic E-state index is 0.0202. The summed E-state index contributed by atoms with van der Waals surface area (Å²) in [5, 5.41) is 9.56. The van der Waals surface area contributed by atoms with Crippen LogP contribution in [-0.2, 0) is 14.0 Å². The van der Waals surface area contributed by atoms with E-state index in [1.54, 1.807) is 6.08 Å². The summed E-state index contributed by atoms with van der Waals surface area (Å²) in [6, 6.07) is 2.32. The van der Waals surface area contributed by atoms with Crippen LogP contribution in [0.25, 0.3) is 0 Å². The summed E-state index contributed by atoms with van der Waals surface area (Å²) >= 11 is 0. The number of ketones is 1. The van der Waals surface area contributed by atoms with Gasteiger partial charge in [-0.05, 0) is 36.7 Å². The molecule has 0 aromatic heterocycles. The first-order valence-electron chi connectivity index (χ1n) is 7.47. The van der Waals surface area contributed by atoms with Gasteiger partial charge in [0.25, 0.3) is 0 Å². The first-order valence-corrected chi connectivity index (χ1v) is 10.4. The number of hydrogen-bond donors (Lipinski definition) is 0. The predicted molar refractivity (Wildman–Crippen MR) is 83.2 cm³/mol. The zero-order chi connectivity index (χ0) is 16.1. The maximum Gasteiger partial charge on any atom is 0.192 e. The Labute approximate surface area is 128 Å². The Morgan fingerprint density at radius 2 is 2.14 bits per heavy atom. The molecule has 4 nitrogen and oxygen atoms in total. The summed E-state index contributed by atoms with van der Waals surface area (Å²) in [6.07, 6.45) is 1.64. The van der Waals surface area contributed by atoms with Crippen molar-refractivity contribution in [1.82, 2.24) is 0 Å². The lowest BCUT2D eigenvalue weighted by atomic mass is 9.84. The quantitative estimate of drug-likeness (QED) is 0.751. The highest BCUT2D eigenvalue weighted by molar-refractivity contribution is 6.74. The van der Waals surface area contributed by atoms with Gasteiger partial charge in [0.05, 0.1) is 18.6 Å². The molecule has 2 rings (SSSR count). The summed E-state index contributed by atoms with van der Waals surface area (Å²) < 4.78 is 12.3. The summed E-state index contributed by atoms with van der Waals surface area (Å²) in [6.45, 7) is 13.2. The van der Waals surface area contributed by atoms with Gasteiger partial charge >= 0.3 is 0 Å². The van der Waals surface area contributed by atoms with Gasteiger partial charge in [-0.1, -0.05) is 20.8 Å². The Kier molecular flexibility index (Phi) is 3.94. The highest BCUT2D eigenvalue weighted by Gasteiger charge is 2.56. The molecule has 2 aliphatic rings. The molecule has 116 valence electrons. The molecule has 2 heterocycles. The van der Waals surface area contributed by atoms with Crippen molar-refractivity contribution in [2.24, 2.45) is 5.92 Å². The fraction of sp³-hybridized carbons (Fsp3) is 0.750. The van der Waals surface area contributed by atoms with Crippen LogP contribution in [0.2, 0.25) is 18.1 Å². The van der Waals surface area contributed by atoms with Gasteiger partial charge in [0.2, 0.25) is 0 Å². The third-order valence-corrected chi connectivity index (χ3v) is 9.80. The van der Waals surface area contributed by atoms with E-state index < -0.39 is 20.0 Å². The normalized spacial score (nSPS) is 32.8. The van der Waals surface area contributed by atoms with E-state index >= 15 is 0 Å². The fourth-order valence-electron chi connectivity index (χ4n) is 2.67. The Hall–Kier alpha value is -0.963. The topological polar surface area (TPSA) is 59.3 Å². The van der Waals surface area contributed by atoms with Crippen molar-refractivity contribution in [2.75, 3.05) is 6.61 Å². The number of nitrogens with zero attached hydrogens (tertiary/aromatic N) is 1. The molecule has 0 saturated carbocycles. The van der Waals surface area contributed by atoms with Crippen LogP contribution in [0.5, 0.6) is 0 Å². The molecule has 0 unspecified atom stereocenters. The first-order chi connectivity index (χ1) is 9.53. The summed E-state index contributed by atoms with van der Waals surface area (Å²) in [7, 11) is -1.92. The van der Waals surface area contributed by atoms with Crippen LogP contribution in [0.3, 0.4) is 0 Å². The third-order valence-electron chi connectivity index (χ3n) is 5.32. The SMILES string of the molecule is CC1=CC(=O)[C@@H]2C[C@H](C#N)[C@@]1(CO[Si](C)(C)C(C)(C)C)O2. The maximum atomic E-state index is 11.9. The molecule has 0 aromatic carbocycles. The van der Waals surface area contributed by atoms with Crippen LogP contribution in [0.15, 0.2) is 11.6 Å². The highest BCUT2D eigenvalue weighted by Crippen LogP contribution is 2.46. The fourth-order valence-corrected chi connectivity index (χ4v) is 3.68. The van der Waals surface area contributed by atoms with E-state index in [1.165, 1.54) is 0 Å². The highest BCUT2D eigenvalue weighted by atomic mass is 28.4. The molecule has 2 aliphatic heterocycles. The van der Waals surface area contributed by atoms with Crippen LogP contribution < -0.4 is 0 Å². The van der Waals surface area contributed by atoms with Gasteiger partial charge in [-0.3, -0.25) is 4.79 Å². The number of rotatable bonds is 3. The largest absolute Gasteiger partial charge is 0.413 e. The standard InChI is InChI=1S/C16H25NO3Si/c1-11-7-13(18)14-8-12(9-17)16(11,20-14)10-19-21(5,6)15(2,3)4/h7,12,14H,8,10H2,1-6H3/t12-,14+,16+/m1/s1. The van der Waals surface area contributed by atoms with E-state index in [2.05, 4.69) is 39.9 Å². The van der Waals surface area contributed by atoms with E-state index in [4.69, 9.17) is 9.16 Å². The van der Waals surface area contributed by atoms with E-state index in [-0.39, 0.29) is 16.7 Å². The van der Waals surface area contributed by atoms with Gasteiger partial charge in [-0.2, -0.15) is 5.26 Å². The van der Waals surface area contributed by atoms with Crippen LogP contribution >= 0.6 is 0 Å². The Bertz CT molecular complexity index is 527. The zero-order valence-corrected chi connectivity index (χ0v) is 14.8. The summed E-state index contributed by atoms with van der Waals surface area (Å²) in [5.41, 5.74) is 0.0922. The number of ether oxygens (including phenoxy) is 1. The molecule has 0 N–H and O–H groups in total. The molecule has 2 bridgehead atoms. The number of carbonyl (C=O) groups excluding carboxylic acids is 1. The van der Waals surface area contributed by atoms with Crippen molar-refractivity contribution in [3.05, 3.63) is 11.6 Å². The second-order valence-corrected chi connectivity index (χ2v) is 12.5. The maximum absolute atomic E-state index is 11.9. The number of hydrogen-bond acceptors (Lipinski definition) is 4. The summed E-state index contributed by atoms with van der Waals surface area (Å²) in [5.74, 6) is -0.330. The first kappa shape index (κ1) is 16.4. The van der Waals surface area contributed by atoms with Gasteiger partial charge in [0.1, 0.15) is 11.7 Å². The molecule has 3 atom stereocenters. The van der Waals surface area contributed by atoms with Crippen molar-refractivity contribution >= 4 is 14.1 Å². The van der Waals surface area contributed by atoms with E-state index in [0.717, 1.165) is 5.57 Å². The predicted octanol–water partition coefficient (Wildman–Crippen LogP) is 3.20. The molecule has 0 aromatic rings. The van der Waals surface area contributed by atoms with E-state index in [0.29, 0.717) is 13.0 Å². The van der Waals surface area contributed by atoms with Gasteiger partial charge in [0.15, 0.2) is 14.1 Å².